The van der Waals surface area contributed by atoms with Crippen molar-refractivity contribution in [1.82, 2.24) is 0 Å². The number of rotatable bonds is 10. The Bertz CT molecular complexity index is 740. The maximum absolute atomic E-state index is 2.42. The summed E-state index contributed by atoms with van der Waals surface area (Å²) in [5.74, 6) is 0. The van der Waals surface area contributed by atoms with Gasteiger partial charge in [0.05, 0.1) is 0 Å². The van der Waals surface area contributed by atoms with Crippen molar-refractivity contribution >= 4 is 30.5 Å². The first-order valence-corrected chi connectivity index (χ1v) is 14.7. The Morgan fingerprint density at radius 2 is 1.07 bits per heavy atom. The zero-order valence-electron chi connectivity index (χ0n) is 16.5. The van der Waals surface area contributed by atoms with Crippen molar-refractivity contribution in [2.45, 2.75) is 51.9 Å². The van der Waals surface area contributed by atoms with Gasteiger partial charge in [0.2, 0.25) is 0 Å². The third-order valence-electron chi connectivity index (χ3n) is 5.21. The second-order valence-electron chi connectivity index (χ2n) is 7.28. The molecule has 0 unspecified atom stereocenters. The molecule has 0 amide bonds. The zero-order valence-corrected chi connectivity index (χ0v) is 19.4. The monoisotopic (exact) mass is 463 g/mol. The Kier molecular flexibility index (Phi) is 8.48. The van der Waals surface area contributed by atoms with Crippen molar-refractivity contribution in [3.05, 3.63) is 90.5 Å². The molecule has 27 heavy (non-hydrogen) atoms. The molecule has 0 heterocycles. The minimum atomic E-state index is -2.14. The van der Waals surface area contributed by atoms with E-state index in [1.165, 1.54) is 44.9 Å². The van der Waals surface area contributed by atoms with Crippen molar-refractivity contribution in [3.8, 4) is 0 Å². The van der Waals surface area contributed by atoms with E-state index in [2.05, 4.69) is 91.9 Å². The molecule has 0 aliphatic heterocycles. The number of hydrogen-bond acceptors (Lipinski definition) is 0. The van der Waals surface area contributed by atoms with Gasteiger partial charge in [-0.2, -0.15) is 0 Å². The molecule has 0 nitrogen and oxygen atoms in total. The molecule has 139 valence electrons. The molecule has 1 radical (unpaired) electrons. The van der Waals surface area contributed by atoms with E-state index in [0.717, 1.165) is 0 Å². The second-order valence-corrected chi connectivity index (χ2v) is 14.3. The first kappa shape index (κ1) is 20.2. The van der Waals surface area contributed by atoms with Gasteiger partial charge in [0.1, 0.15) is 0 Å². The summed E-state index contributed by atoms with van der Waals surface area (Å²) in [7, 11) is 0. The number of benzene rings is 3. The van der Waals surface area contributed by atoms with E-state index in [4.69, 9.17) is 0 Å². The van der Waals surface area contributed by atoms with Gasteiger partial charge in [-0.3, -0.25) is 0 Å². The summed E-state index contributed by atoms with van der Waals surface area (Å²) < 4.78 is 4.80. The van der Waals surface area contributed by atoms with Crippen LogP contribution in [0.2, 0.25) is 0 Å². The van der Waals surface area contributed by atoms with Crippen LogP contribution in [-0.2, 0) is 6.42 Å². The van der Waals surface area contributed by atoms with Gasteiger partial charge in [0.25, 0.3) is 0 Å². The summed E-state index contributed by atoms with van der Waals surface area (Å²) >= 11 is -2.14. The van der Waals surface area contributed by atoms with Crippen LogP contribution in [0.3, 0.4) is 0 Å². The average molecular weight is 462 g/mol. The molecule has 3 aromatic carbocycles. The van der Waals surface area contributed by atoms with Crippen LogP contribution in [0, 0.1) is 0 Å². The van der Waals surface area contributed by atoms with Crippen LogP contribution in [0.15, 0.2) is 84.9 Å². The molecule has 0 N–H and O–H groups in total. The predicted molar refractivity (Wildman–Crippen MR) is 121 cm³/mol. The van der Waals surface area contributed by atoms with Crippen LogP contribution in [0.25, 0.3) is 0 Å². The van der Waals surface area contributed by atoms with Crippen LogP contribution in [-0.4, -0.2) is 19.8 Å². The van der Waals surface area contributed by atoms with Crippen LogP contribution in [0.5, 0.6) is 0 Å². The van der Waals surface area contributed by atoms with Crippen molar-refractivity contribution in [2.75, 3.05) is 0 Å². The van der Waals surface area contributed by atoms with Gasteiger partial charge in [0, 0.05) is 0 Å². The average Bonchev–Trinajstić information content (AvgIpc) is 2.73. The van der Waals surface area contributed by atoms with Gasteiger partial charge < -0.3 is 0 Å². The van der Waals surface area contributed by atoms with Crippen LogP contribution < -0.4 is 10.7 Å². The predicted octanol–water partition coefficient (Wildman–Crippen LogP) is 5.11. The summed E-state index contributed by atoms with van der Waals surface area (Å²) in [5, 5.41) is 0. The van der Waals surface area contributed by atoms with Crippen molar-refractivity contribution in [2.24, 2.45) is 0 Å². The van der Waals surface area contributed by atoms with Crippen LogP contribution in [0.1, 0.15) is 51.0 Å². The van der Waals surface area contributed by atoms with Gasteiger partial charge >= 0.3 is 173 Å². The van der Waals surface area contributed by atoms with Crippen molar-refractivity contribution < 1.29 is 0 Å². The second kappa shape index (κ2) is 11.3. The SMILES string of the molecule is CCCCCCCCc1cccc[c]1[Sn]([c]1ccccc1)[c]1ccccc1. The van der Waals surface area contributed by atoms with E-state index in [1.54, 1.807) is 16.3 Å². The van der Waals surface area contributed by atoms with Crippen molar-refractivity contribution in [1.29, 1.82) is 0 Å². The van der Waals surface area contributed by atoms with E-state index >= 15 is 0 Å². The summed E-state index contributed by atoms with van der Waals surface area (Å²) in [6, 6.07) is 31.8. The van der Waals surface area contributed by atoms with E-state index in [9.17, 15) is 0 Å². The van der Waals surface area contributed by atoms with E-state index in [0.29, 0.717) is 0 Å². The number of unbranched alkanes of at least 4 members (excludes halogenated alkanes) is 5. The summed E-state index contributed by atoms with van der Waals surface area (Å²) in [5.41, 5.74) is 1.59. The molecule has 0 aliphatic rings. The Hall–Kier alpha value is -1.54. The van der Waals surface area contributed by atoms with Crippen LogP contribution in [0.4, 0.5) is 0 Å². The molecule has 0 saturated heterocycles. The fraction of sp³-hybridized carbons (Fsp3) is 0.308. The molecule has 0 atom stereocenters. The van der Waals surface area contributed by atoms with E-state index < -0.39 is 19.8 Å². The maximum atomic E-state index is 2.42. The van der Waals surface area contributed by atoms with Gasteiger partial charge in [-0.05, 0) is 0 Å². The topological polar surface area (TPSA) is 0 Å². The number of hydrogen-bond donors (Lipinski definition) is 0. The Balaban J connectivity index is 1.83. The summed E-state index contributed by atoms with van der Waals surface area (Å²) in [6.45, 7) is 2.29. The third-order valence-corrected chi connectivity index (χ3v) is 13.3. The Morgan fingerprint density at radius 3 is 1.70 bits per heavy atom. The van der Waals surface area contributed by atoms with Crippen molar-refractivity contribution in [3.63, 3.8) is 0 Å². The van der Waals surface area contributed by atoms with E-state index in [1.807, 2.05) is 0 Å². The van der Waals surface area contributed by atoms with Gasteiger partial charge in [-0.1, -0.05) is 0 Å². The molecule has 0 aliphatic carbocycles. The Morgan fingerprint density at radius 1 is 0.556 bits per heavy atom. The molecular weight excluding hydrogens is 431 g/mol. The summed E-state index contributed by atoms with van der Waals surface area (Å²) in [4.78, 5) is 0. The number of aryl methyl sites for hydroxylation is 1. The zero-order chi connectivity index (χ0) is 18.7. The molecule has 0 saturated carbocycles. The molecule has 0 fully saturated rings. The molecule has 1 heteroatoms. The summed E-state index contributed by atoms with van der Waals surface area (Å²) in [6.07, 6.45) is 9.41. The minimum absolute atomic E-state index is 1.23. The van der Waals surface area contributed by atoms with E-state index in [-0.39, 0.29) is 0 Å². The molecule has 0 spiro atoms. The van der Waals surface area contributed by atoms with Gasteiger partial charge in [-0.25, -0.2) is 0 Å². The standard InChI is InChI=1S/C14H21.2C6H5.Sn/c1-2-3-4-5-6-8-11-14-12-9-7-10-13-14;2*1-2-4-6-5-3-1;/h7,9-10,12H,2-6,8,11H2,1H3;2*1-5H;. The van der Waals surface area contributed by atoms with Gasteiger partial charge in [-0.15, -0.1) is 0 Å². The normalized spacial score (nSPS) is 11.0. The third kappa shape index (κ3) is 5.97. The fourth-order valence-electron chi connectivity index (χ4n) is 3.77. The molecule has 3 aromatic rings. The van der Waals surface area contributed by atoms with Gasteiger partial charge in [0.15, 0.2) is 0 Å². The Labute approximate surface area is 172 Å². The molecule has 3 rings (SSSR count). The first-order valence-electron chi connectivity index (χ1n) is 10.5. The first-order chi connectivity index (χ1) is 13.4. The van der Waals surface area contributed by atoms with Crippen LogP contribution >= 0.6 is 0 Å². The molecule has 0 aromatic heterocycles. The quantitative estimate of drug-likeness (QED) is 0.291. The molecule has 0 bridgehead atoms. The molecular formula is C26H31Sn. The fourth-order valence-corrected chi connectivity index (χ4v) is 11.8.